The number of anilines is 1. The molecule has 1 amide bonds. The zero-order valence-electron chi connectivity index (χ0n) is 16.3. The number of para-hydroxylation sites is 2. The SMILES string of the molecule is COc1ccccc1CNC(=O)CN(c1ccccc1F)S(=O)(=O)c1ccccc1. The topological polar surface area (TPSA) is 75.7 Å². The van der Waals surface area contributed by atoms with E-state index in [4.69, 9.17) is 4.74 Å². The van der Waals surface area contributed by atoms with Gasteiger partial charge in [-0.05, 0) is 30.3 Å². The van der Waals surface area contributed by atoms with Crippen LogP contribution >= 0.6 is 0 Å². The molecule has 0 spiro atoms. The minimum atomic E-state index is -4.16. The maximum atomic E-state index is 14.4. The van der Waals surface area contributed by atoms with Crippen molar-refractivity contribution in [3.8, 4) is 5.75 Å². The largest absolute Gasteiger partial charge is 0.496 e. The molecule has 0 heterocycles. The van der Waals surface area contributed by atoms with Crippen LogP contribution in [0.3, 0.4) is 0 Å². The van der Waals surface area contributed by atoms with E-state index in [9.17, 15) is 17.6 Å². The summed E-state index contributed by atoms with van der Waals surface area (Å²) in [6.45, 7) is -0.438. The molecule has 0 aliphatic heterocycles. The molecule has 0 radical (unpaired) electrons. The van der Waals surface area contributed by atoms with Gasteiger partial charge in [-0.3, -0.25) is 9.10 Å². The monoisotopic (exact) mass is 428 g/mol. The van der Waals surface area contributed by atoms with Crippen LogP contribution in [-0.2, 0) is 21.4 Å². The number of hydrogen-bond acceptors (Lipinski definition) is 4. The highest BCUT2D eigenvalue weighted by Crippen LogP contribution is 2.26. The number of rotatable bonds is 8. The van der Waals surface area contributed by atoms with Crippen molar-refractivity contribution in [2.75, 3.05) is 18.0 Å². The molecule has 0 bridgehead atoms. The van der Waals surface area contributed by atoms with Crippen LogP contribution in [0.15, 0.2) is 83.8 Å². The lowest BCUT2D eigenvalue weighted by molar-refractivity contribution is -0.119. The average Bonchev–Trinajstić information content (AvgIpc) is 2.77. The van der Waals surface area contributed by atoms with E-state index in [1.807, 2.05) is 0 Å². The zero-order valence-corrected chi connectivity index (χ0v) is 17.1. The van der Waals surface area contributed by atoms with Crippen LogP contribution in [-0.4, -0.2) is 28.0 Å². The summed E-state index contributed by atoms with van der Waals surface area (Å²) in [4.78, 5) is 12.6. The third-order valence-electron chi connectivity index (χ3n) is 4.41. The Morgan fingerprint density at radius 3 is 2.30 bits per heavy atom. The van der Waals surface area contributed by atoms with Crippen LogP contribution in [0.4, 0.5) is 10.1 Å². The summed E-state index contributed by atoms with van der Waals surface area (Å²) in [6, 6.07) is 20.2. The molecular formula is C22H21FN2O4S. The summed E-state index contributed by atoms with van der Waals surface area (Å²) in [5, 5.41) is 2.67. The molecular weight excluding hydrogens is 407 g/mol. The van der Waals surface area contributed by atoms with Gasteiger partial charge < -0.3 is 10.1 Å². The summed E-state index contributed by atoms with van der Waals surface area (Å²) in [6.07, 6.45) is 0. The predicted octanol–water partition coefficient (Wildman–Crippen LogP) is 3.35. The average molecular weight is 428 g/mol. The Kier molecular flexibility index (Phi) is 6.68. The molecule has 0 aliphatic rings. The van der Waals surface area contributed by atoms with Gasteiger partial charge in [0.15, 0.2) is 0 Å². The Morgan fingerprint density at radius 1 is 0.967 bits per heavy atom. The Morgan fingerprint density at radius 2 is 1.60 bits per heavy atom. The van der Waals surface area contributed by atoms with Gasteiger partial charge in [0.05, 0.1) is 17.7 Å². The summed E-state index contributed by atoms with van der Waals surface area (Å²) < 4.78 is 46.8. The molecule has 3 aromatic carbocycles. The Balaban J connectivity index is 1.86. The fourth-order valence-corrected chi connectivity index (χ4v) is 4.35. The number of halogens is 1. The highest BCUT2D eigenvalue weighted by Gasteiger charge is 2.28. The summed E-state index contributed by atoms with van der Waals surface area (Å²) in [5.74, 6) is -0.723. The van der Waals surface area contributed by atoms with Crippen molar-refractivity contribution < 1.29 is 22.3 Å². The minimum Gasteiger partial charge on any atom is -0.496 e. The number of nitrogens with zero attached hydrogens (tertiary/aromatic N) is 1. The molecule has 0 saturated carbocycles. The van der Waals surface area contributed by atoms with Gasteiger partial charge in [0.1, 0.15) is 18.1 Å². The molecule has 6 nitrogen and oxygen atoms in total. The molecule has 0 saturated heterocycles. The number of carbonyl (C=O) groups is 1. The smallest absolute Gasteiger partial charge is 0.264 e. The predicted molar refractivity (Wildman–Crippen MR) is 112 cm³/mol. The molecule has 0 unspecified atom stereocenters. The number of nitrogens with one attached hydrogen (secondary N) is 1. The maximum absolute atomic E-state index is 14.4. The van der Waals surface area contributed by atoms with Crippen molar-refractivity contribution in [1.82, 2.24) is 5.32 Å². The van der Waals surface area contributed by atoms with E-state index in [-0.39, 0.29) is 17.1 Å². The van der Waals surface area contributed by atoms with Crippen molar-refractivity contribution in [3.63, 3.8) is 0 Å². The summed E-state index contributed by atoms with van der Waals surface area (Å²) in [5.41, 5.74) is 0.533. The Bertz CT molecular complexity index is 1120. The van der Waals surface area contributed by atoms with Crippen molar-refractivity contribution in [1.29, 1.82) is 0 Å². The van der Waals surface area contributed by atoms with Gasteiger partial charge in [-0.2, -0.15) is 0 Å². The van der Waals surface area contributed by atoms with E-state index in [0.29, 0.717) is 5.75 Å². The van der Waals surface area contributed by atoms with Crippen molar-refractivity contribution in [2.45, 2.75) is 11.4 Å². The standard InChI is InChI=1S/C22H21FN2O4S/c1-29-21-14-8-5-9-17(21)15-24-22(26)16-25(20-13-7-6-12-19(20)23)30(27,28)18-10-3-2-4-11-18/h2-14H,15-16H2,1H3,(H,24,26). The number of ether oxygens (including phenoxy) is 1. The summed E-state index contributed by atoms with van der Waals surface area (Å²) in [7, 11) is -2.64. The van der Waals surface area contributed by atoms with Gasteiger partial charge in [0, 0.05) is 12.1 Å². The van der Waals surface area contributed by atoms with E-state index >= 15 is 0 Å². The first-order chi connectivity index (χ1) is 14.4. The number of carbonyl (C=O) groups excluding carboxylic acids is 1. The second-order valence-electron chi connectivity index (χ2n) is 6.36. The fraction of sp³-hybridized carbons (Fsp3) is 0.136. The van der Waals surface area contributed by atoms with Gasteiger partial charge in [-0.1, -0.05) is 48.5 Å². The second-order valence-corrected chi connectivity index (χ2v) is 8.23. The lowest BCUT2D eigenvalue weighted by atomic mass is 10.2. The minimum absolute atomic E-state index is 0.0363. The van der Waals surface area contributed by atoms with E-state index < -0.39 is 28.3 Å². The molecule has 0 aromatic heterocycles. The van der Waals surface area contributed by atoms with Crippen molar-refractivity contribution in [2.24, 2.45) is 0 Å². The van der Waals surface area contributed by atoms with E-state index in [1.54, 1.807) is 42.5 Å². The molecule has 0 fully saturated rings. The second kappa shape index (κ2) is 9.41. The molecule has 0 aliphatic carbocycles. The van der Waals surface area contributed by atoms with E-state index in [0.717, 1.165) is 15.9 Å². The molecule has 156 valence electrons. The highest BCUT2D eigenvalue weighted by atomic mass is 32.2. The molecule has 8 heteroatoms. The summed E-state index contributed by atoms with van der Waals surface area (Å²) >= 11 is 0. The number of sulfonamides is 1. The van der Waals surface area contributed by atoms with Crippen LogP contribution in [0, 0.1) is 5.82 Å². The van der Waals surface area contributed by atoms with Gasteiger partial charge in [0.25, 0.3) is 10.0 Å². The van der Waals surface area contributed by atoms with Crippen LogP contribution in [0.25, 0.3) is 0 Å². The molecule has 0 atom stereocenters. The number of benzene rings is 3. The zero-order chi connectivity index (χ0) is 21.6. The third kappa shape index (κ3) is 4.77. The number of hydrogen-bond donors (Lipinski definition) is 1. The normalized spacial score (nSPS) is 11.0. The van der Waals surface area contributed by atoms with Crippen LogP contribution in [0.1, 0.15) is 5.56 Å². The fourth-order valence-electron chi connectivity index (χ4n) is 2.90. The highest BCUT2D eigenvalue weighted by molar-refractivity contribution is 7.92. The molecule has 1 N–H and O–H groups in total. The van der Waals surface area contributed by atoms with E-state index in [1.165, 1.54) is 37.4 Å². The first-order valence-electron chi connectivity index (χ1n) is 9.14. The lowest BCUT2D eigenvalue weighted by Gasteiger charge is -2.24. The molecule has 3 aromatic rings. The third-order valence-corrected chi connectivity index (χ3v) is 6.18. The molecule has 30 heavy (non-hydrogen) atoms. The van der Waals surface area contributed by atoms with Gasteiger partial charge in [0.2, 0.25) is 5.91 Å². The first kappa shape index (κ1) is 21.3. The van der Waals surface area contributed by atoms with Crippen LogP contribution in [0.5, 0.6) is 5.75 Å². The Labute approximate surface area is 175 Å². The lowest BCUT2D eigenvalue weighted by Crippen LogP contribution is -2.41. The van der Waals surface area contributed by atoms with Gasteiger partial charge in [-0.15, -0.1) is 0 Å². The quantitative estimate of drug-likeness (QED) is 0.597. The number of methoxy groups -OCH3 is 1. The number of amides is 1. The van der Waals surface area contributed by atoms with Crippen molar-refractivity contribution >= 4 is 21.6 Å². The van der Waals surface area contributed by atoms with Gasteiger partial charge in [-0.25, -0.2) is 12.8 Å². The first-order valence-corrected chi connectivity index (χ1v) is 10.6. The van der Waals surface area contributed by atoms with E-state index in [2.05, 4.69) is 5.32 Å². The van der Waals surface area contributed by atoms with Crippen LogP contribution < -0.4 is 14.4 Å². The maximum Gasteiger partial charge on any atom is 0.264 e. The van der Waals surface area contributed by atoms with Crippen molar-refractivity contribution in [3.05, 3.63) is 90.2 Å². The van der Waals surface area contributed by atoms with Gasteiger partial charge >= 0.3 is 0 Å². The molecule has 3 rings (SSSR count). The Hall–Kier alpha value is -3.39. The van der Waals surface area contributed by atoms with Crippen LogP contribution in [0.2, 0.25) is 0 Å².